The van der Waals surface area contributed by atoms with Gasteiger partial charge in [-0.1, -0.05) is 27.2 Å². The highest BCUT2D eigenvalue weighted by molar-refractivity contribution is 5.80. The van der Waals surface area contributed by atoms with E-state index < -0.39 is 0 Å². The lowest BCUT2D eigenvalue weighted by Crippen LogP contribution is -2.16. The van der Waals surface area contributed by atoms with Crippen LogP contribution in [0.4, 0.5) is 0 Å². The van der Waals surface area contributed by atoms with E-state index in [-0.39, 0.29) is 5.92 Å². The summed E-state index contributed by atoms with van der Waals surface area (Å²) in [5.74, 6) is 0.587. The van der Waals surface area contributed by atoms with Crippen molar-refractivity contribution in [3.8, 4) is 0 Å². The molecule has 0 fully saturated rings. The molecule has 0 heterocycles. The molecule has 0 saturated carbocycles. The van der Waals surface area contributed by atoms with Gasteiger partial charge in [-0.05, 0) is 19.3 Å². The maximum absolute atomic E-state index is 11.8. The summed E-state index contributed by atoms with van der Waals surface area (Å²) in [7, 11) is 0. The van der Waals surface area contributed by atoms with E-state index in [9.17, 15) is 4.79 Å². The first-order valence-corrected chi connectivity index (χ1v) is 6.94. The zero-order valence-corrected chi connectivity index (χ0v) is 11.7. The molecule has 0 aliphatic carbocycles. The Kier molecular flexibility index (Phi) is 11.8. The SMILES string of the molecule is CCCOCCOCCC(=O)C(CC)CCC. The topological polar surface area (TPSA) is 35.5 Å². The Bertz CT molecular complexity index is 180. The number of ketones is 1. The summed E-state index contributed by atoms with van der Waals surface area (Å²) >= 11 is 0. The molecule has 0 aliphatic rings. The molecule has 3 heteroatoms. The van der Waals surface area contributed by atoms with Gasteiger partial charge in [0.2, 0.25) is 0 Å². The van der Waals surface area contributed by atoms with Crippen molar-refractivity contribution in [3.05, 3.63) is 0 Å². The second-order valence-electron chi connectivity index (χ2n) is 4.33. The van der Waals surface area contributed by atoms with Gasteiger partial charge in [0.25, 0.3) is 0 Å². The molecule has 17 heavy (non-hydrogen) atoms. The van der Waals surface area contributed by atoms with Gasteiger partial charge in [-0.15, -0.1) is 0 Å². The molecular formula is C14H28O3. The van der Waals surface area contributed by atoms with Crippen LogP contribution in [-0.2, 0) is 14.3 Å². The van der Waals surface area contributed by atoms with Gasteiger partial charge in [-0.25, -0.2) is 0 Å². The van der Waals surface area contributed by atoms with Crippen molar-refractivity contribution >= 4 is 5.78 Å². The molecule has 0 saturated heterocycles. The highest BCUT2D eigenvalue weighted by Gasteiger charge is 2.14. The third kappa shape index (κ3) is 9.31. The van der Waals surface area contributed by atoms with Crippen molar-refractivity contribution in [1.82, 2.24) is 0 Å². The molecule has 0 amide bonds. The normalized spacial score (nSPS) is 12.6. The Morgan fingerprint density at radius 2 is 1.59 bits per heavy atom. The molecule has 0 radical (unpaired) electrons. The number of rotatable bonds is 12. The van der Waals surface area contributed by atoms with E-state index in [1.54, 1.807) is 0 Å². The monoisotopic (exact) mass is 244 g/mol. The minimum atomic E-state index is 0.236. The molecule has 0 aromatic heterocycles. The first-order chi connectivity index (χ1) is 8.26. The second-order valence-corrected chi connectivity index (χ2v) is 4.33. The van der Waals surface area contributed by atoms with Gasteiger partial charge in [0, 0.05) is 18.9 Å². The first kappa shape index (κ1) is 16.6. The van der Waals surface area contributed by atoms with E-state index in [2.05, 4.69) is 20.8 Å². The number of hydrogen-bond acceptors (Lipinski definition) is 3. The van der Waals surface area contributed by atoms with E-state index in [0.29, 0.717) is 32.0 Å². The Morgan fingerprint density at radius 1 is 0.941 bits per heavy atom. The summed E-state index contributed by atoms with van der Waals surface area (Å²) in [5.41, 5.74) is 0. The fourth-order valence-corrected chi connectivity index (χ4v) is 1.78. The molecule has 0 aromatic carbocycles. The molecular weight excluding hydrogens is 216 g/mol. The predicted octanol–water partition coefficient (Wildman–Crippen LogP) is 3.22. The van der Waals surface area contributed by atoms with Crippen LogP contribution in [0.25, 0.3) is 0 Å². The lowest BCUT2D eigenvalue weighted by atomic mass is 9.94. The van der Waals surface area contributed by atoms with Crippen LogP contribution in [0.15, 0.2) is 0 Å². The summed E-state index contributed by atoms with van der Waals surface area (Å²) in [6.45, 7) is 8.84. The molecule has 102 valence electrons. The molecule has 1 atom stereocenters. The number of ether oxygens (including phenoxy) is 2. The molecule has 3 nitrogen and oxygen atoms in total. The quantitative estimate of drug-likeness (QED) is 0.494. The van der Waals surface area contributed by atoms with Gasteiger partial charge in [0.05, 0.1) is 19.8 Å². The highest BCUT2D eigenvalue weighted by atomic mass is 16.5. The lowest BCUT2D eigenvalue weighted by molar-refractivity contribution is -0.124. The third-order valence-electron chi connectivity index (χ3n) is 2.80. The maximum atomic E-state index is 11.8. The fraction of sp³-hybridized carbons (Fsp3) is 0.929. The van der Waals surface area contributed by atoms with Crippen molar-refractivity contribution in [2.24, 2.45) is 5.92 Å². The standard InChI is InChI=1S/C14H28O3/c1-4-7-13(6-3)14(15)8-10-17-12-11-16-9-5-2/h13H,4-12H2,1-3H3. The molecule has 0 bridgehead atoms. The Hall–Kier alpha value is -0.410. The largest absolute Gasteiger partial charge is 0.379 e. The van der Waals surface area contributed by atoms with Gasteiger partial charge in [-0.2, -0.15) is 0 Å². The van der Waals surface area contributed by atoms with Crippen LogP contribution >= 0.6 is 0 Å². The number of hydrogen-bond donors (Lipinski definition) is 0. The lowest BCUT2D eigenvalue weighted by Gasteiger charge is -2.12. The van der Waals surface area contributed by atoms with E-state index in [0.717, 1.165) is 32.3 Å². The van der Waals surface area contributed by atoms with Crippen LogP contribution in [0.1, 0.15) is 52.9 Å². The van der Waals surface area contributed by atoms with E-state index in [4.69, 9.17) is 9.47 Å². The van der Waals surface area contributed by atoms with Gasteiger partial charge >= 0.3 is 0 Å². The molecule has 0 aromatic rings. The number of carbonyl (C=O) groups is 1. The van der Waals surface area contributed by atoms with Crippen LogP contribution in [0, 0.1) is 5.92 Å². The van der Waals surface area contributed by atoms with Crippen molar-refractivity contribution in [2.75, 3.05) is 26.4 Å². The smallest absolute Gasteiger partial charge is 0.138 e. The fourth-order valence-electron chi connectivity index (χ4n) is 1.78. The zero-order chi connectivity index (χ0) is 12.9. The van der Waals surface area contributed by atoms with Gasteiger partial charge in [0.1, 0.15) is 5.78 Å². The summed E-state index contributed by atoms with van der Waals surface area (Å²) in [6.07, 6.45) is 4.62. The van der Waals surface area contributed by atoms with Crippen LogP contribution in [0.5, 0.6) is 0 Å². The summed E-state index contributed by atoms with van der Waals surface area (Å²) in [5, 5.41) is 0. The van der Waals surface area contributed by atoms with Crippen LogP contribution in [-0.4, -0.2) is 32.2 Å². The van der Waals surface area contributed by atoms with Crippen LogP contribution in [0.3, 0.4) is 0 Å². The van der Waals surface area contributed by atoms with Crippen molar-refractivity contribution < 1.29 is 14.3 Å². The third-order valence-corrected chi connectivity index (χ3v) is 2.80. The predicted molar refractivity (Wildman–Crippen MR) is 70.2 cm³/mol. The minimum Gasteiger partial charge on any atom is -0.379 e. The highest BCUT2D eigenvalue weighted by Crippen LogP contribution is 2.13. The van der Waals surface area contributed by atoms with Crippen LogP contribution < -0.4 is 0 Å². The maximum Gasteiger partial charge on any atom is 0.138 e. The molecule has 0 spiro atoms. The number of carbonyl (C=O) groups excluding carboxylic acids is 1. The number of Topliss-reactive ketones (excluding diaryl/α,β-unsaturated/α-hetero) is 1. The summed E-state index contributed by atoms with van der Waals surface area (Å²) < 4.78 is 10.7. The van der Waals surface area contributed by atoms with Crippen molar-refractivity contribution in [3.63, 3.8) is 0 Å². The average molecular weight is 244 g/mol. The Balaban J connectivity index is 3.43. The Morgan fingerprint density at radius 3 is 2.12 bits per heavy atom. The van der Waals surface area contributed by atoms with Gasteiger partial charge in [-0.3, -0.25) is 4.79 Å². The molecule has 0 N–H and O–H groups in total. The summed E-state index contributed by atoms with van der Waals surface area (Å²) in [6, 6.07) is 0. The summed E-state index contributed by atoms with van der Waals surface area (Å²) in [4.78, 5) is 11.8. The molecule has 0 aliphatic heterocycles. The molecule has 1 unspecified atom stereocenters. The van der Waals surface area contributed by atoms with Gasteiger partial charge in [0.15, 0.2) is 0 Å². The minimum absolute atomic E-state index is 0.236. The van der Waals surface area contributed by atoms with E-state index >= 15 is 0 Å². The second kappa shape index (κ2) is 12.1. The van der Waals surface area contributed by atoms with Gasteiger partial charge < -0.3 is 9.47 Å². The van der Waals surface area contributed by atoms with E-state index in [1.165, 1.54) is 0 Å². The van der Waals surface area contributed by atoms with Crippen molar-refractivity contribution in [1.29, 1.82) is 0 Å². The molecule has 0 rings (SSSR count). The van der Waals surface area contributed by atoms with Crippen LogP contribution in [0.2, 0.25) is 0 Å². The van der Waals surface area contributed by atoms with Crippen molar-refractivity contribution in [2.45, 2.75) is 52.9 Å². The average Bonchev–Trinajstić information content (AvgIpc) is 2.34. The Labute approximate surface area is 106 Å². The first-order valence-electron chi connectivity index (χ1n) is 6.94. The zero-order valence-electron chi connectivity index (χ0n) is 11.7. The van der Waals surface area contributed by atoms with E-state index in [1.807, 2.05) is 0 Å².